The fourth-order valence-electron chi connectivity index (χ4n) is 4.11. The second-order valence-electron chi connectivity index (χ2n) is 8.65. The molecule has 1 aliphatic carbocycles. The Morgan fingerprint density at radius 3 is 2.62 bits per heavy atom. The Kier molecular flexibility index (Phi) is 6.93. The molecular weight excluding hydrogens is 304 g/mol. The van der Waals surface area contributed by atoms with Crippen LogP contribution in [0, 0.1) is 11.8 Å². The number of hydrogen-bond donors (Lipinski definition) is 2. The molecule has 0 aromatic heterocycles. The standard InChI is InChI=1S/C19H36N2O3/c1-14(20-12-15-7-5-8-16(15)13-22)11-17-9-6-10-21(17)18(23)24-19(2,3)4/h14-17,20,22H,5-13H2,1-4H3. The van der Waals surface area contributed by atoms with Crippen molar-refractivity contribution in [3.05, 3.63) is 0 Å². The third kappa shape index (κ3) is 5.62. The van der Waals surface area contributed by atoms with Crippen LogP contribution in [-0.4, -0.2) is 53.5 Å². The van der Waals surface area contributed by atoms with Crippen LogP contribution in [0.15, 0.2) is 0 Å². The molecule has 4 atom stereocenters. The number of carbonyl (C=O) groups excluding carboxylic acids is 1. The summed E-state index contributed by atoms with van der Waals surface area (Å²) in [5, 5.41) is 13.1. The van der Waals surface area contributed by atoms with Crippen molar-refractivity contribution in [3.8, 4) is 0 Å². The van der Waals surface area contributed by atoms with Crippen LogP contribution in [0.3, 0.4) is 0 Å². The highest BCUT2D eigenvalue weighted by molar-refractivity contribution is 5.68. The van der Waals surface area contributed by atoms with Gasteiger partial charge in [0, 0.05) is 25.2 Å². The van der Waals surface area contributed by atoms with Gasteiger partial charge >= 0.3 is 6.09 Å². The lowest BCUT2D eigenvalue weighted by Gasteiger charge is -2.30. The van der Waals surface area contributed by atoms with Crippen LogP contribution in [0.2, 0.25) is 0 Å². The highest BCUT2D eigenvalue weighted by Crippen LogP contribution is 2.31. The Hall–Kier alpha value is -0.810. The van der Waals surface area contributed by atoms with Gasteiger partial charge in [0.05, 0.1) is 0 Å². The predicted molar refractivity (Wildman–Crippen MR) is 96.0 cm³/mol. The van der Waals surface area contributed by atoms with E-state index in [9.17, 15) is 9.90 Å². The van der Waals surface area contributed by atoms with Crippen LogP contribution in [0.25, 0.3) is 0 Å². The second kappa shape index (κ2) is 8.52. The van der Waals surface area contributed by atoms with E-state index >= 15 is 0 Å². The van der Waals surface area contributed by atoms with E-state index in [4.69, 9.17) is 4.74 Å². The average molecular weight is 341 g/mol. The number of carbonyl (C=O) groups is 1. The van der Waals surface area contributed by atoms with E-state index in [0.29, 0.717) is 24.5 Å². The summed E-state index contributed by atoms with van der Waals surface area (Å²) in [6, 6.07) is 0.651. The summed E-state index contributed by atoms with van der Waals surface area (Å²) in [4.78, 5) is 14.3. The quantitative estimate of drug-likeness (QED) is 0.780. The number of nitrogens with one attached hydrogen (secondary N) is 1. The first-order valence-corrected chi connectivity index (χ1v) is 9.64. The minimum Gasteiger partial charge on any atom is -0.444 e. The Morgan fingerprint density at radius 2 is 1.96 bits per heavy atom. The second-order valence-corrected chi connectivity index (χ2v) is 8.65. The average Bonchev–Trinajstić information content (AvgIpc) is 3.11. The maximum Gasteiger partial charge on any atom is 0.410 e. The van der Waals surface area contributed by atoms with E-state index in [2.05, 4.69) is 12.2 Å². The van der Waals surface area contributed by atoms with Crippen molar-refractivity contribution in [3.63, 3.8) is 0 Å². The van der Waals surface area contributed by atoms with Gasteiger partial charge in [0.2, 0.25) is 0 Å². The molecule has 2 rings (SSSR count). The number of hydrogen-bond acceptors (Lipinski definition) is 4. The van der Waals surface area contributed by atoms with E-state index in [0.717, 1.165) is 38.8 Å². The Morgan fingerprint density at radius 1 is 1.25 bits per heavy atom. The normalized spacial score (nSPS) is 29.0. The smallest absolute Gasteiger partial charge is 0.410 e. The molecule has 2 fully saturated rings. The van der Waals surface area contributed by atoms with Crippen molar-refractivity contribution in [2.75, 3.05) is 19.7 Å². The van der Waals surface area contributed by atoms with Gasteiger partial charge in [-0.05, 0) is 78.2 Å². The number of nitrogens with zero attached hydrogens (tertiary/aromatic N) is 1. The van der Waals surface area contributed by atoms with Crippen molar-refractivity contribution in [2.24, 2.45) is 11.8 Å². The van der Waals surface area contributed by atoms with Gasteiger partial charge in [-0.3, -0.25) is 0 Å². The number of amides is 1. The van der Waals surface area contributed by atoms with Crippen LogP contribution >= 0.6 is 0 Å². The molecule has 2 N–H and O–H groups in total. The molecule has 1 aliphatic heterocycles. The lowest BCUT2D eigenvalue weighted by Crippen LogP contribution is -2.43. The summed E-state index contributed by atoms with van der Waals surface area (Å²) in [7, 11) is 0. The van der Waals surface area contributed by atoms with Gasteiger partial charge in [-0.1, -0.05) is 6.42 Å². The van der Waals surface area contributed by atoms with Crippen LogP contribution < -0.4 is 5.32 Å². The van der Waals surface area contributed by atoms with E-state index < -0.39 is 5.60 Å². The van der Waals surface area contributed by atoms with Crippen molar-refractivity contribution < 1.29 is 14.6 Å². The van der Waals surface area contributed by atoms with Gasteiger partial charge in [0.15, 0.2) is 0 Å². The Bertz CT molecular complexity index is 408. The zero-order chi connectivity index (χ0) is 17.7. The zero-order valence-corrected chi connectivity index (χ0v) is 15.9. The molecule has 5 heteroatoms. The number of aliphatic hydroxyl groups excluding tert-OH is 1. The number of aliphatic hydroxyl groups is 1. The van der Waals surface area contributed by atoms with Gasteiger partial charge in [-0.15, -0.1) is 0 Å². The van der Waals surface area contributed by atoms with Crippen LogP contribution in [-0.2, 0) is 4.74 Å². The van der Waals surface area contributed by atoms with Crippen molar-refractivity contribution in [1.82, 2.24) is 10.2 Å². The molecule has 0 spiro atoms. The first-order chi connectivity index (χ1) is 11.3. The molecule has 1 amide bonds. The minimum absolute atomic E-state index is 0.173. The molecule has 5 nitrogen and oxygen atoms in total. The van der Waals surface area contributed by atoms with Gasteiger partial charge in [0.1, 0.15) is 5.60 Å². The zero-order valence-electron chi connectivity index (χ0n) is 15.9. The molecule has 140 valence electrons. The summed E-state index contributed by atoms with van der Waals surface area (Å²) >= 11 is 0. The van der Waals surface area contributed by atoms with E-state index in [1.54, 1.807) is 0 Å². The summed E-state index contributed by atoms with van der Waals surface area (Å²) in [6.45, 7) is 10.1. The van der Waals surface area contributed by atoms with Crippen LogP contribution in [0.5, 0.6) is 0 Å². The van der Waals surface area contributed by atoms with Crippen LogP contribution in [0.1, 0.15) is 66.2 Å². The number of rotatable bonds is 6. The molecule has 1 saturated heterocycles. The van der Waals surface area contributed by atoms with Gasteiger partial charge in [-0.25, -0.2) is 4.79 Å². The third-order valence-corrected chi connectivity index (χ3v) is 5.41. The summed E-state index contributed by atoms with van der Waals surface area (Å²) in [6.07, 6.45) is 6.54. The molecule has 0 aromatic rings. The van der Waals surface area contributed by atoms with Gasteiger partial charge in [0.25, 0.3) is 0 Å². The van der Waals surface area contributed by atoms with Crippen molar-refractivity contribution in [2.45, 2.75) is 83.9 Å². The fourth-order valence-corrected chi connectivity index (χ4v) is 4.11. The Balaban J connectivity index is 1.77. The Labute approximate surface area is 147 Å². The number of likely N-dealkylation sites (tertiary alicyclic amines) is 1. The lowest BCUT2D eigenvalue weighted by atomic mass is 9.96. The molecule has 4 unspecified atom stereocenters. The molecule has 2 aliphatic rings. The summed E-state index contributed by atoms with van der Waals surface area (Å²) < 4.78 is 5.54. The fraction of sp³-hybridized carbons (Fsp3) is 0.947. The minimum atomic E-state index is -0.435. The molecule has 1 heterocycles. The molecular formula is C19H36N2O3. The molecule has 24 heavy (non-hydrogen) atoms. The monoisotopic (exact) mass is 340 g/mol. The predicted octanol–water partition coefficient (Wildman–Crippen LogP) is 3.16. The maximum atomic E-state index is 12.4. The molecule has 1 saturated carbocycles. The summed E-state index contributed by atoms with van der Waals surface area (Å²) in [5.74, 6) is 1.07. The topological polar surface area (TPSA) is 61.8 Å². The molecule has 0 aromatic carbocycles. The van der Waals surface area contributed by atoms with Crippen molar-refractivity contribution in [1.29, 1.82) is 0 Å². The lowest BCUT2D eigenvalue weighted by molar-refractivity contribution is 0.0214. The molecule has 0 bridgehead atoms. The first kappa shape index (κ1) is 19.5. The largest absolute Gasteiger partial charge is 0.444 e. The maximum absolute atomic E-state index is 12.4. The van der Waals surface area contributed by atoms with Gasteiger partial charge in [-0.2, -0.15) is 0 Å². The number of ether oxygens (including phenoxy) is 1. The van der Waals surface area contributed by atoms with E-state index in [-0.39, 0.29) is 12.1 Å². The van der Waals surface area contributed by atoms with Gasteiger partial charge < -0.3 is 20.1 Å². The van der Waals surface area contributed by atoms with Crippen LogP contribution in [0.4, 0.5) is 4.79 Å². The highest BCUT2D eigenvalue weighted by atomic mass is 16.6. The first-order valence-electron chi connectivity index (χ1n) is 9.64. The van der Waals surface area contributed by atoms with E-state index in [1.165, 1.54) is 12.8 Å². The van der Waals surface area contributed by atoms with Crippen molar-refractivity contribution >= 4 is 6.09 Å². The highest BCUT2D eigenvalue weighted by Gasteiger charge is 2.33. The summed E-state index contributed by atoms with van der Waals surface area (Å²) in [5.41, 5.74) is -0.435. The van der Waals surface area contributed by atoms with E-state index in [1.807, 2.05) is 25.7 Å². The molecule has 0 radical (unpaired) electrons. The SMILES string of the molecule is CC(CC1CCCN1C(=O)OC(C)(C)C)NCC1CCCC1CO. The third-order valence-electron chi connectivity index (χ3n) is 5.41.